The zero-order valence-corrected chi connectivity index (χ0v) is 9.98. The normalized spacial score (nSPS) is 9.72. The first-order valence-corrected chi connectivity index (χ1v) is 5.88. The molecule has 90 valence electrons. The summed E-state index contributed by atoms with van der Waals surface area (Å²) in [6.45, 7) is 0.445. The lowest BCUT2D eigenvalue weighted by atomic mass is 10.2. The first-order chi connectivity index (χ1) is 8.70. The van der Waals surface area contributed by atoms with Crippen molar-refractivity contribution >= 4 is 22.7 Å². The molecule has 0 aliphatic heterocycles. The Labute approximate surface area is 107 Å². The number of rotatable bonds is 4. The van der Waals surface area contributed by atoms with Crippen LogP contribution in [0.2, 0.25) is 0 Å². The molecule has 1 aromatic carbocycles. The highest BCUT2D eigenvalue weighted by atomic mass is 32.1. The smallest absolute Gasteiger partial charge is 0.292 e. The van der Waals surface area contributed by atoms with Crippen LogP contribution in [0.25, 0.3) is 0 Å². The summed E-state index contributed by atoms with van der Waals surface area (Å²) in [6.07, 6.45) is 1.69. The van der Waals surface area contributed by atoms with Crippen molar-refractivity contribution in [1.29, 1.82) is 5.26 Å². The molecule has 0 spiro atoms. The molecule has 0 aliphatic rings. The molecular weight excluding hydrogens is 252 g/mol. The fourth-order valence-corrected chi connectivity index (χ4v) is 1.95. The third-order valence-electron chi connectivity index (χ3n) is 2.26. The largest absolute Gasteiger partial charge is 0.374 e. The molecule has 0 saturated heterocycles. The van der Waals surface area contributed by atoms with E-state index in [0.717, 1.165) is 4.88 Å². The second-order valence-electron chi connectivity index (χ2n) is 3.42. The maximum Gasteiger partial charge on any atom is 0.292 e. The number of nitrogens with zero attached hydrogens (tertiary/aromatic N) is 3. The Kier molecular flexibility index (Phi) is 3.50. The molecule has 6 nitrogen and oxygen atoms in total. The van der Waals surface area contributed by atoms with E-state index in [1.807, 2.05) is 6.07 Å². The number of hydrogen-bond donors (Lipinski definition) is 1. The summed E-state index contributed by atoms with van der Waals surface area (Å²) in [4.78, 5) is 15.3. The van der Waals surface area contributed by atoms with Gasteiger partial charge in [-0.15, -0.1) is 11.3 Å². The highest BCUT2D eigenvalue weighted by Crippen LogP contribution is 2.26. The van der Waals surface area contributed by atoms with Gasteiger partial charge in [-0.1, -0.05) is 0 Å². The number of nitrogens with one attached hydrogen (secondary N) is 1. The van der Waals surface area contributed by atoms with Gasteiger partial charge in [-0.05, 0) is 12.1 Å². The Hall–Kier alpha value is -2.46. The summed E-state index contributed by atoms with van der Waals surface area (Å²) >= 11 is 1.46. The van der Waals surface area contributed by atoms with Crippen LogP contribution in [0.5, 0.6) is 0 Å². The second kappa shape index (κ2) is 5.25. The third-order valence-corrected chi connectivity index (χ3v) is 3.04. The molecule has 2 rings (SSSR count). The van der Waals surface area contributed by atoms with Crippen LogP contribution in [-0.2, 0) is 6.54 Å². The van der Waals surface area contributed by atoms with Gasteiger partial charge < -0.3 is 5.32 Å². The van der Waals surface area contributed by atoms with Crippen LogP contribution >= 0.6 is 11.3 Å². The number of hydrogen-bond acceptors (Lipinski definition) is 6. The average molecular weight is 260 g/mol. The van der Waals surface area contributed by atoms with Crippen LogP contribution in [0.15, 0.2) is 29.9 Å². The second-order valence-corrected chi connectivity index (χ2v) is 4.39. The minimum absolute atomic E-state index is 0.0430. The minimum atomic E-state index is -0.476. The standard InChI is InChI=1S/C11H8N4O2S/c12-4-8-1-2-11(15(16)17)10(3-8)14-6-9-5-13-7-18-9/h1-3,5,7,14H,6H2. The molecule has 0 fully saturated rings. The lowest BCUT2D eigenvalue weighted by molar-refractivity contribution is -0.384. The SMILES string of the molecule is N#Cc1ccc([N+](=O)[O-])c(NCc2cncs2)c1. The average Bonchev–Trinajstić information content (AvgIpc) is 2.88. The first-order valence-electron chi connectivity index (χ1n) is 5.00. The molecule has 0 amide bonds. The zero-order valence-electron chi connectivity index (χ0n) is 9.16. The molecular formula is C11H8N4O2S. The Bertz CT molecular complexity index is 604. The lowest BCUT2D eigenvalue weighted by Gasteiger charge is -2.05. The predicted octanol–water partition coefficient (Wildman–Crippen LogP) is 2.54. The number of thiazole rings is 1. The van der Waals surface area contributed by atoms with Crippen molar-refractivity contribution in [3.05, 3.63) is 50.5 Å². The van der Waals surface area contributed by atoms with Gasteiger partial charge in [-0.3, -0.25) is 15.1 Å². The Morgan fingerprint density at radius 1 is 1.56 bits per heavy atom. The van der Waals surface area contributed by atoms with Crippen molar-refractivity contribution in [2.45, 2.75) is 6.54 Å². The van der Waals surface area contributed by atoms with Crippen LogP contribution in [-0.4, -0.2) is 9.91 Å². The monoisotopic (exact) mass is 260 g/mol. The Morgan fingerprint density at radius 3 is 3.00 bits per heavy atom. The van der Waals surface area contributed by atoms with Gasteiger partial charge in [-0.25, -0.2) is 0 Å². The molecule has 0 bridgehead atoms. The number of nitriles is 1. The van der Waals surface area contributed by atoms with Gasteiger partial charge in [-0.2, -0.15) is 5.26 Å². The quantitative estimate of drug-likeness (QED) is 0.673. The van der Waals surface area contributed by atoms with Gasteiger partial charge in [0.2, 0.25) is 0 Å². The van der Waals surface area contributed by atoms with Crippen molar-refractivity contribution in [3.63, 3.8) is 0 Å². The van der Waals surface area contributed by atoms with Gasteiger partial charge in [0.05, 0.1) is 28.6 Å². The van der Waals surface area contributed by atoms with Gasteiger partial charge in [0, 0.05) is 17.1 Å². The Balaban J connectivity index is 2.24. The summed E-state index contributed by atoms with van der Waals surface area (Å²) in [5.74, 6) is 0. The molecule has 0 saturated carbocycles. The highest BCUT2D eigenvalue weighted by Gasteiger charge is 2.14. The number of nitro groups is 1. The van der Waals surface area contributed by atoms with Gasteiger partial charge in [0.15, 0.2) is 0 Å². The molecule has 0 radical (unpaired) electrons. The molecule has 0 unspecified atom stereocenters. The van der Waals surface area contributed by atoms with Crippen molar-refractivity contribution in [2.24, 2.45) is 0 Å². The van der Waals surface area contributed by atoms with Crippen molar-refractivity contribution < 1.29 is 4.92 Å². The number of nitro benzene ring substituents is 1. The molecule has 0 atom stereocenters. The summed E-state index contributed by atoms with van der Waals surface area (Å²) in [6, 6.07) is 6.18. The van der Waals surface area contributed by atoms with E-state index in [9.17, 15) is 10.1 Å². The fraction of sp³-hybridized carbons (Fsp3) is 0.0909. The summed E-state index contributed by atoms with van der Waals surface area (Å²) in [5.41, 5.74) is 2.37. The van der Waals surface area contributed by atoms with E-state index in [0.29, 0.717) is 17.8 Å². The molecule has 0 aliphatic carbocycles. The summed E-state index contributed by atoms with van der Waals surface area (Å²) in [7, 11) is 0. The number of anilines is 1. The van der Waals surface area contributed by atoms with Crippen LogP contribution in [0, 0.1) is 21.4 Å². The van der Waals surface area contributed by atoms with E-state index in [1.54, 1.807) is 11.7 Å². The van der Waals surface area contributed by atoms with Crippen molar-refractivity contribution in [3.8, 4) is 6.07 Å². The molecule has 1 heterocycles. The van der Waals surface area contributed by atoms with Gasteiger partial charge in [0.1, 0.15) is 5.69 Å². The molecule has 1 aromatic heterocycles. The fourth-order valence-electron chi connectivity index (χ4n) is 1.42. The van der Waals surface area contributed by atoms with E-state index < -0.39 is 4.92 Å². The Morgan fingerprint density at radius 2 is 2.39 bits per heavy atom. The minimum Gasteiger partial charge on any atom is -0.374 e. The van der Waals surface area contributed by atoms with E-state index in [4.69, 9.17) is 5.26 Å². The van der Waals surface area contributed by atoms with E-state index in [2.05, 4.69) is 10.3 Å². The van der Waals surface area contributed by atoms with Crippen molar-refractivity contribution in [2.75, 3.05) is 5.32 Å². The molecule has 18 heavy (non-hydrogen) atoms. The zero-order chi connectivity index (χ0) is 13.0. The summed E-state index contributed by atoms with van der Waals surface area (Å²) < 4.78 is 0. The van der Waals surface area contributed by atoms with Gasteiger partial charge >= 0.3 is 0 Å². The predicted molar refractivity (Wildman–Crippen MR) is 67.3 cm³/mol. The van der Waals surface area contributed by atoms with E-state index >= 15 is 0 Å². The van der Waals surface area contributed by atoms with Crippen LogP contribution in [0.1, 0.15) is 10.4 Å². The maximum absolute atomic E-state index is 10.9. The lowest BCUT2D eigenvalue weighted by Crippen LogP contribution is -2.02. The molecule has 2 aromatic rings. The maximum atomic E-state index is 10.9. The highest BCUT2D eigenvalue weighted by molar-refractivity contribution is 7.09. The van der Waals surface area contributed by atoms with E-state index in [1.165, 1.54) is 29.5 Å². The third kappa shape index (κ3) is 2.61. The molecule has 1 N–H and O–H groups in total. The number of aromatic nitrogens is 1. The van der Waals surface area contributed by atoms with Crippen LogP contribution < -0.4 is 5.32 Å². The topological polar surface area (TPSA) is 91.8 Å². The van der Waals surface area contributed by atoms with E-state index in [-0.39, 0.29) is 5.69 Å². The van der Waals surface area contributed by atoms with Crippen LogP contribution in [0.4, 0.5) is 11.4 Å². The summed E-state index contributed by atoms with van der Waals surface area (Å²) in [5, 5.41) is 22.6. The van der Waals surface area contributed by atoms with Crippen LogP contribution in [0.3, 0.4) is 0 Å². The van der Waals surface area contributed by atoms with Crippen molar-refractivity contribution in [1.82, 2.24) is 4.98 Å². The van der Waals surface area contributed by atoms with Gasteiger partial charge in [0.25, 0.3) is 5.69 Å². The first kappa shape index (κ1) is 12.0. The number of benzene rings is 1. The molecule has 7 heteroatoms.